The summed E-state index contributed by atoms with van der Waals surface area (Å²) in [7, 11) is 1.61. The molecule has 0 N–H and O–H groups in total. The summed E-state index contributed by atoms with van der Waals surface area (Å²) >= 11 is 1.42. The van der Waals surface area contributed by atoms with Crippen LogP contribution in [0.2, 0.25) is 0 Å². The predicted molar refractivity (Wildman–Crippen MR) is 104 cm³/mol. The molecule has 1 fully saturated rings. The van der Waals surface area contributed by atoms with Gasteiger partial charge in [0.1, 0.15) is 0 Å². The number of thioether (sulfide) groups is 1. The van der Waals surface area contributed by atoms with Crippen LogP contribution in [0, 0.1) is 0 Å². The molecule has 0 aromatic heterocycles. The Hall–Kier alpha value is -1.95. The predicted octanol–water partition coefficient (Wildman–Crippen LogP) is 4.18. The van der Waals surface area contributed by atoms with E-state index in [1.165, 1.54) is 11.8 Å². The lowest BCUT2D eigenvalue weighted by Crippen LogP contribution is -2.35. The fourth-order valence-electron chi connectivity index (χ4n) is 2.45. The van der Waals surface area contributed by atoms with Crippen LogP contribution in [0.5, 0.6) is 11.5 Å². The van der Waals surface area contributed by atoms with E-state index in [0.717, 1.165) is 10.7 Å². The van der Waals surface area contributed by atoms with E-state index in [2.05, 4.69) is 4.99 Å². The molecule has 5 nitrogen and oxygen atoms in total. The van der Waals surface area contributed by atoms with Gasteiger partial charge in [-0.1, -0.05) is 6.07 Å². The molecule has 0 bridgehead atoms. The molecule has 0 unspecified atom stereocenters. The number of amidine groups is 1. The van der Waals surface area contributed by atoms with Crippen LogP contribution in [0.25, 0.3) is 6.08 Å². The van der Waals surface area contributed by atoms with Gasteiger partial charge in [-0.2, -0.15) is 0 Å². The number of methoxy groups -OCH3 is 1. The lowest BCUT2D eigenvalue weighted by molar-refractivity contribution is -0.123. The van der Waals surface area contributed by atoms with Crippen molar-refractivity contribution in [1.29, 1.82) is 0 Å². The van der Waals surface area contributed by atoms with Crippen LogP contribution in [0.4, 0.5) is 0 Å². The molecule has 1 aliphatic heterocycles. The summed E-state index contributed by atoms with van der Waals surface area (Å²) in [4.78, 5) is 19.8. The van der Waals surface area contributed by atoms with Gasteiger partial charge >= 0.3 is 0 Å². The Balaban J connectivity index is 2.36. The molecule has 0 saturated carbocycles. The summed E-state index contributed by atoms with van der Waals surface area (Å²) in [5, 5.41) is 0.763. The van der Waals surface area contributed by atoms with Gasteiger partial charge in [-0.25, -0.2) is 0 Å². The third-order valence-electron chi connectivity index (χ3n) is 3.51. The van der Waals surface area contributed by atoms with Gasteiger partial charge in [0.2, 0.25) is 0 Å². The van der Waals surface area contributed by atoms with E-state index >= 15 is 0 Å². The molecular weight excluding hydrogens is 336 g/mol. The van der Waals surface area contributed by atoms with E-state index in [0.29, 0.717) is 23.0 Å². The average molecular weight is 362 g/mol. The second-order valence-corrected chi connectivity index (χ2v) is 7.24. The van der Waals surface area contributed by atoms with Gasteiger partial charge in [-0.05, 0) is 70.2 Å². The first-order chi connectivity index (χ1) is 11.9. The number of rotatable bonds is 6. The first-order valence-electron chi connectivity index (χ1n) is 8.49. The van der Waals surface area contributed by atoms with Crippen molar-refractivity contribution in [3.63, 3.8) is 0 Å². The summed E-state index contributed by atoms with van der Waals surface area (Å²) in [6.45, 7) is 10.5. The number of amides is 1. The number of hydrogen-bond acceptors (Lipinski definition) is 5. The molecule has 25 heavy (non-hydrogen) atoms. The summed E-state index contributed by atoms with van der Waals surface area (Å²) in [6, 6.07) is 5.87. The highest BCUT2D eigenvalue weighted by molar-refractivity contribution is 8.18. The highest BCUT2D eigenvalue weighted by Gasteiger charge is 2.35. The highest BCUT2D eigenvalue weighted by atomic mass is 32.2. The molecule has 1 aliphatic rings. The molecule has 1 saturated heterocycles. The number of carbonyl (C=O) groups excluding carboxylic acids is 1. The van der Waals surface area contributed by atoms with Crippen molar-refractivity contribution in [2.24, 2.45) is 4.99 Å². The van der Waals surface area contributed by atoms with Crippen LogP contribution >= 0.6 is 11.8 Å². The number of nitrogens with zero attached hydrogens (tertiary/aromatic N) is 2. The zero-order valence-corrected chi connectivity index (χ0v) is 16.5. The van der Waals surface area contributed by atoms with Gasteiger partial charge in [0.05, 0.1) is 18.6 Å². The maximum Gasteiger partial charge on any atom is 0.266 e. The number of ether oxygens (including phenoxy) is 2. The summed E-state index contributed by atoms with van der Waals surface area (Å²) < 4.78 is 10.9. The molecule has 0 spiro atoms. The standard InChI is InChI=1S/C19H26N2O3S/c1-7-24-15-9-8-14(10-16(15)23-6)11-17-18(22)21(13(4)5)19(25-17)20-12(2)3/h8-13H,7H2,1-6H3/b17-11+,20-19?. The minimum Gasteiger partial charge on any atom is -0.493 e. The van der Waals surface area contributed by atoms with Gasteiger partial charge in [0.25, 0.3) is 5.91 Å². The molecule has 1 aromatic rings. The molecule has 0 radical (unpaired) electrons. The van der Waals surface area contributed by atoms with Crippen LogP contribution in [0.3, 0.4) is 0 Å². The second kappa shape index (κ2) is 8.43. The van der Waals surface area contributed by atoms with E-state index in [1.807, 2.05) is 58.9 Å². The van der Waals surface area contributed by atoms with Crippen molar-refractivity contribution in [3.8, 4) is 11.5 Å². The number of carbonyl (C=O) groups is 1. The molecule has 2 rings (SSSR count). The second-order valence-electron chi connectivity index (χ2n) is 6.23. The van der Waals surface area contributed by atoms with Gasteiger partial charge in [0.15, 0.2) is 16.7 Å². The normalized spacial score (nSPS) is 18.1. The van der Waals surface area contributed by atoms with Crippen molar-refractivity contribution in [1.82, 2.24) is 4.90 Å². The molecule has 1 aromatic carbocycles. The number of hydrogen-bond donors (Lipinski definition) is 0. The van der Waals surface area contributed by atoms with Crippen LogP contribution in [0.1, 0.15) is 40.2 Å². The van der Waals surface area contributed by atoms with Gasteiger partial charge < -0.3 is 9.47 Å². The molecule has 136 valence electrons. The van der Waals surface area contributed by atoms with Crippen LogP contribution in [-0.4, -0.2) is 41.8 Å². The Morgan fingerprint density at radius 1 is 1.24 bits per heavy atom. The lowest BCUT2D eigenvalue weighted by atomic mass is 10.2. The summed E-state index contributed by atoms with van der Waals surface area (Å²) in [5.74, 6) is 1.35. The molecule has 0 atom stereocenters. The van der Waals surface area contributed by atoms with Crippen molar-refractivity contribution in [2.75, 3.05) is 13.7 Å². The Bertz CT molecular complexity index is 696. The smallest absolute Gasteiger partial charge is 0.266 e. The van der Waals surface area contributed by atoms with Crippen LogP contribution in [-0.2, 0) is 4.79 Å². The zero-order valence-electron chi connectivity index (χ0n) is 15.7. The fourth-order valence-corrected chi connectivity index (χ4v) is 3.69. The summed E-state index contributed by atoms with van der Waals surface area (Å²) in [6.07, 6.45) is 1.88. The van der Waals surface area contributed by atoms with Gasteiger partial charge in [-0.15, -0.1) is 0 Å². The molecule has 1 heterocycles. The quantitative estimate of drug-likeness (QED) is 0.712. The van der Waals surface area contributed by atoms with Crippen LogP contribution < -0.4 is 9.47 Å². The van der Waals surface area contributed by atoms with Crippen molar-refractivity contribution in [3.05, 3.63) is 28.7 Å². The van der Waals surface area contributed by atoms with Gasteiger partial charge in [-0.3, -0.25) is 14.7 Å². The Labute approximate surface area is 154 Å². The Kier molecular flexibility index (Phi) is 6.53. The van der Waals surface area contributed by atoms with E-state index in [4.69, 9.17) is 9.47 Å². The van der Waals surface area contributed by atoms with Crippen molar-refractivity contribution < 1.29 is 14.3 Å². The van der Waals surface area contributed by atoms with Crippen LogP contribution in [0.15, 0.2) is 28.1 Å². The minimum absolute atomic E-state index is 0.00717. The number of aliphatic imine (C=N–C) groups is 1. The number of benzene rings is 1. The molecule has 6 heteroatoms. The Morgan fingerprint density at radius 2 is 1.96 bits per heavy atom. The average Bonchev–Trinajstić information content (AvgIpc) is 2.83. The van der Waals surface area contributed by atoms with Gasteiger partial charge in [0, 0.05) is 12.1 Å². The summed E-state index contributed by atoms with van der Waals surface area (Å²) in [5.41, 5.74) is 0.894. The van der Waals surface area contributed by atoms with Crippen molar-refractivity contribution >= 4 is 28.9 Å². The largest absolute Gasteiger partial charge is 0.493 e. The lowest BCUT2D eigenvalue weighted by Gasteiger charge is -2.20. The van der Waals surface area contributed by atoms with E-state index in [1.54, 1.807) is 12.0 Å². The molecule has 0 aliphatic carbocycles. The SMILES string of the molecule is CCOc1ccc(/C=C2/SC(=NC(C)C)N(C(C)C)C2=O)cc1OC. The van der Waals surface area contributed by atoms with Crippen molar-refractivity contribution in [2.45, 2.75) is 46.7 Å². The molecule has 1 amide bonds. The fraction of sp³-hybridized carbons (Fsp3) is 0.474. The zero-order chi connectivity index (χ0) is 18.6. The third-order valence-corrected chi connectivity index (χ3v) is 4.50. The van der Waals surface area contributed by atoms with E-state index in [9.17, 15) is 4.79 Å². The van der Waals surface area contributed by atoms with E-state index in [-0.39, 0.29) is 18.0 Å². The maximum absolute atomic E-state index is 12.8. The monoisotopic (exact) mass is 362 g/mol. The highest BCUT2D eigenvalue weighted by Crippen LogP contribution is 2.35. The topological polar surface area (TPSA) is 51.1 Å². The minimum atomic E-state index is -0.00717. The first kappa shape index (κ1) is 19.4. The van der Waals surface area contributed by atoms with E-state index < -0.39 is 0 Å². The maximum atomic E-state index is 12.8. The third kappa shape index (κ3) is 4.57. The molecular formula is C19H26N2O3S. The first-order valence-corrected chi connectivity index (χ1v) is 9.30. The Morgan fingerprint density at radius 3 is 2.52 bits per heavy atom.